The van der Waals surface area contributed by atoms with E-state index in [1.54, 1.807) is 5.56 Å². The molecule has 3 unspecified atom stereocenters. The SMILES string of the molecule is CC1=NCCP(Cc2ccccc2)CCP(Cc2ccccc2)CCP(Cc2ccccc2)C1. The molecule has 4 rings (SSSR count). The molecule has 178 valence electrons. The van der Waals surface area contributed by atoms with Gasteiger partial charge in [-0.25, -0.2) is 0 Å². The first-order valence-electron chi connectivity index (χ1n) is 12.5. The van der Waals surface area contributed by atoms with Crippen molar-refractivity contribution in [1.29, 1.82) is 0 Å². The van der Waals surface area contributed by atoms with Crippen molar-refractivity contribution in [2.24, 2.45) is 4.99 Å². The van der Waals surface area contributed by atoms with E-state index in [1.807, 2.05) is 0 Å². The van der Waals surface area contributed by atoms with Crippen LogP contribution in [0.1, 0.15) is 23.6 Å². The Balaban J connectivity index is 1.49. The molecule has 3 aromatic rings. The first-order chi connectivity index (χ1) is 16.7. The molecule has 0 saturated heterocycles. The van der Waals surface area contributed by atoms with Crippen LogP contribution in [0.5, 0.6) is 0 Å². The molecule has 34 heavy (non-hydrogen) atoms. The second-order valence-corrected chi connectivity index (χ2v) is 16.9. The zero-order valence-electron chi connectivity index (χ0n) is 20.5. The van der Waals surface area contributed by atoms with E-state index in [-0.39, 0.29) is 23.8 Å². The normalized spacial score (nSPS) is 22.3. The van der Waals surface area contributed by atoms with Crippen LogP contribution in [0.2, 0.25) is 0 Å². The topological polar surface area (TPSA) is 12.4 Å². The maximum absolute atomic E-state index is 5.08. The average Bonchev–Trinajstić information content (AvgIpc) is 2.86. The Kier molecular flexibility index (Phi) is 10.8. The van der Waals surface area contributed by atoms with Crippen molar-refractivity contribution in [2.75, 3.05) is 43.5 Å². The second kappa shape index (κ2) is 14.2. The standard InChI is InChI=1S/C30H38NP3/c1-27-23-34(26-30-15-9-4-10-16-30)22-21-33(25-29-13-7-3-8-14-29)20-19-32(18-17-31-27)24-28-11-5-2-6-12-28/h2-16H,17-26H2,1H3. The van der Waals surface area contributed by atoms with Crippen LogP contribution in [0.25, 0.3) is 0 Å². The third kappa shape index (κ3) is 9.00. The van der Waals surface area contributed by atoms with E-state index in [9.17, 15) is 0 Å². The molecule has 0 spiro atoms. The van der Waals surface area contributed by atoms with Crippen molar-refractivity contribution in [2.45, 2.75) is 25.4 Å². The molecule has 0 aromatic heterocycles. The van der Waals surface area contributed by atoms with Gasteiger partial charge in [0.2, 0.25) is 0 Å². The highest BCUT2D eigenvalue weighted by atomic mass is 31.1. The van der Waals surface area contributed by atoms with E-state index in [2.05, 4.69) is 97.9 Å². The van der Waals surface area contributed by atoms with Gasteiger partial charge < -0.3 is 0 Å². The van der Waals surface area contributed by atoms with Crippen molar-refractivity contribution in [3.8, 4) is 0 Å². The Morgan fingerprint density at radius 3 is 1.38 bits per heavy atom. The number of rotatable bonds is 6. The summed E-state index contributed by atoms with van der Waals surface area (Å²) in [7, 11) is -0.00483. The van der Waals surface area contributed by atoms with Gasteiger partial charge in [-0.15, -0.1) is 15.8 Å². The first-order valence-corrected chi connectivity index (χ1v) is 18.2. The predicted molar refractivity (Wildman–Crippen MR) is 158 cm³/mol. The maximum atomic E-state index is 5.08. The van der Waals surface area contributed by atoms with Gasteiger partial charge in [0.15, 0.2) is 0 Å². The molecule has 0 saturated carbocycles. The summed E-state index contributed by atoms with van der Waals surface area (Å²) in [6.45, 7) is 3.31. The molecule has 1 heterocycles. The van der Waals surface area contributed by atoms with Crippen molar-refractivity contribution in [3.05, 3.63) is 108 Å². The van der Waals surface area contributed by atoms with Gasteiger partial charge in [0.25, 0.3) is 0 Å². The second-order valence-electron chi connectivity index (χ2n) is 9.34. The molecule has 0 aliphatic carbocycles. The van der Waals surface area contributed by atoms with E-state index in [0.29, 0.717) is 0 Å². The lowest BCUT2D eigenvalue weighted by atomic mass is 10.2. The molecule has 0 bridgehead atoms. The van der Waals surface area contributed by atoms with Crippen molar-refractivity contribution in [1.82, 2.24) is 0 Å². The van der Waals surface area contributed by atoms with Gasteiger partial charge in [-0.05, 0) is 72.9 Å². The van der Waals surface area contributed by atoms with Crippen LogP contribution in [0.15, 0.2) is 96.0 Å². The van der Waals surface area contributed by atoms with Gasteiger partial charge in [-0.1, -0.05) is 98.9 Å². The van der Waals surface area contributed by atoms with Crippen molar-refractivity contribution >= 4 is 29.5 Å². The summed E-state index contributed by atoms with van der Waals surface area (Å²) in [6.07, 6.45) is 12.0. The summed E-state index contributed by atoms with van der Waals surface area (Å²) >= 11 is 0. The van der Waals surface area contributed by atoms with Crippen LogP contribution in [0, 0.1) is 0 Å². The maximum Gasteiger partial charge on any atom is 0.0428 e. The third-order valence-corrected chi connectivity index (χ3v) is 14.8. The highest BCUT2D eigenvalue weighted by Crippen LogP contribution is 2.50. The largest absolute Gasteiger partial charge is 0.294 e. The molecule has 0 radical (unpaired) electrons. The Hall–Kier alpha value is -1.38. The molecular weight excluding hydrogens is 467 g/mol. The molecule has 3 atom stereocenters. The van der Waals surface area contributed by atoms with Gasteiger partial charge in [0, 0.05) is 18.4 Å². The van der Waals surface area contributed by atoms with E-state index >= 15 is 0 Å². The third-order valence-electron chi connectivity index (χ3n) is 6.46. The van der Waals surface area contributed by atoms with Gasteiger partial charge in [-0.3, -0.25) is 4.99 Å². The minimum atomic E-state index is -0.0418. The number of hydrogen-bond donors (Lipinski definition) is 0. The van der Waals surface area contributed by atoms with Gasteiger partial charge in [-0.2, -0.15) is 0 Å². The molecule has 0 N–H and O–H groups in total. The lowest BCUT2D eigenvalue weighted by Gasteiger charge is -2.26. The molecule has 0 fully saturated rings. The zero-order valence-corrected chi connectivity index (χ0v) is 23.2. The van der Waals surface area contributed by atoms with E-state index in [4.69, 9.17) is 4.99 Å². The van der Waals surface area contributed by atoms with E-state index < -0.39 is 0 Å². The molecule has 1 aliphatic heterocycles. The van der Waals surface area contributed by atoms with Gasteiger partial charge in [0.05, 0.1) is 0 Å². The summed E-state index contributed by atoms with van der Waals surface area (Å²) in [5.74, 6) is 0. The predicted octanol–water partition coefficient (Wildman–Crippen LogP) is 8.51. The summed E-state index contributed by atoms with van der Waals surface area (Å²) in [6, 6.07) is 33.6. The fraction of sp³-hybridized carbons (Fsp3) is 0.367. The lowest BCUT2D eigenvalue weighted by molar-refractivity contribution is 1.11. The minimum Gasteiger partial charge on any atom is -0.294 e. The van der Waals surface area contributed by atoms with Crippen LogP contribution < -0.4 is 0 Å². The molecule has 4 heteroatoms. The first kappa shape index (κ1) is 25.7. The number of benzene rings is 3. The average molecular weight is 506 g/mol. The Morgan fingerprint density at radius 1 is 0.529 bits per heavy atom. The Labute approximate surface area is 210 Å². The van der Waals surface area contributed by atoms with Crippen LogP contribution >= 0.6 is 23.8 Å². The van der Waals surface area contributed by atoms with Crippen LogP contribution in [0.4, 0.5) is 0 Å². The molecule has 1 aliphatic rings. The number of hydrogen-bond acceptors (Lipinski definition) is 1. The van der Waals surface area contributed by atoms with E-state index in [0.717, 1.165) is 6.54 Å². The quantitative estimate of drug-likeness (QED) is 0.298. The number of nitrogens with zero attached hydrogens (tertiary/aromatic N) is 1. The fourth-order valence-corrected chi connectivity index (χ4v) is 13.9. The highest BCUT2D eigenvalue weighted by molar-refractivity contribution is 7.63. The fourth-order valence-electron chi connectivity index (χ4n) is 4.60. The van der Waals surface area contributed by atoms with Crippen LogP contribution in [0.3, 0.4) is 0 Å². The summed E-state index contributed by atoms with van der Waals surface area (Å²) in [5, 5.41) is 0. The number of aliphatic imine (C=N–C) groups is 1. The van der Waals surface area contributed by atoms with Crippen LogP contribution in [-0.4, -0.2) is 49.2 Å². The van der Waals surface area contributed by atoms with Gasteiger partial charge in [0.1, 0.15) is 0 Å². The van der Waals surface area contributed by atoms with Gasteiger partial charge >= 0.3 is 0 Å². The Bertz CT molecular complexity index is 991. The summed E-state index contributed by atoms with van der Waals surface area (Å²) in [4.78, 5) is 5.08. The van der Waals surface area contributed by atoms with E-state index in [1.165, 1.54) is 72.3 Å². The lowest BCUT2D eigenvalue weighted by Crippen LogP contribution is -2.10. The van der Waals surface area contributed by atoms with Crippen molar-refractivity contribution in [3.63, 3.8) is 0 Å². The van der Waals surface area contributed by atoms with Crippen molar-refractivity contribution < 1.29 is 0 Å². The molecule has 0 amide bonds. The summed E-state index contributed by atoms with van der Waals surface area (Å²) in [5.41, 5.74) is 5.95. The molecule has 1 nitrogen and oxygen atoms in total. The monoisotopic (exact) mass is 505 g/mol. The van der Waals surface area contributed by atoms with Crippen LogP contribution in [-0.2, 0) is 18.5 Å². The molecular formula is C30H38NP3. The Morgan fingerprint density at radius 2 is 0.912 bits per heavy atom. The summed E-state index contributed by atoms with van der Waals surface area (Å²) < 4.78 is 0. The zero-order chi connectivity index (χ0) is 23.4. The minimum absolute atomic E-state index is 0.00223. The smallest absolute Gasteiger partial charge is 0.0428 e. The highest BCUT2D eigenvalue weighted by Gasteiger charge is 2.19. The molecule has 3 aromatic carbocycles.